The molecule has 2 heterocycles. The average Bonchev–Trinajstić information content (AvgIpc) is 2.78. The standard InChI is InChI=1S/C21H23N5O5S/c1-11(27)15(20(29)24(2)3)32-18-14-17(25(4)21(30)26(5)19(14)28)22-16(23-18)12-9-7-8-10-13(12)31-6/h7-10,15H,1-6H3/t15-/m1/s1. The molecule has 3 rings (SSSR count). The van der Waals surface area contributed by atoms with Crippen molar-refractivity contribution in [2.45, 2.75) is 17.2 Å². The number of methoxy groups -OCH3 is 1. The summed E-state index contributed by atoms with van der Waals surface area (Å²) >= 11 is 0.861. The summed E-state index contributed by atoms with van der Waals surface area (Å²) in [4.78, 5) is 60.8. The first-order valence-corrected chi connectivity index (χ1v) is 10.5. The molecule has 0 fully saturated rings. The Balaban J connectivity index is 2.39. The van der Waals surface area contributed by atoms with Crippen molar-refractivity contribution in [1.29, 1.82) is 0 Å². The molecule has 0 saturated heterocycles. The molecule has 10 nitrogen and oxygen atoms in total. The van der Waals surface area contributed by atoms with Crippen LogP contribution in [-0.2, 0) is 23.7 Å². The third kappa shape index (κ3) is 4.03. The number of Topliss-reactive ketones (excluding diaryl/α,β-unsaturated/α-hetero) is 1. The van der Waals surface area contributed by atoms with Crippen molar-refractivity contribution in [1.82, 2.24) is 24.0 Å². The highest BCUT2D eigenvalue weighted by atomic mass is 32.2. The molecule has 168 valence electrons. The molecule has 0 aliphatic carbocycles. The van der Waals surface area contributed by atoms with Gasteiger partial charge in [-0.2, -0.15) is 0 Å². The molecule has 1 atom stereocenters. The highest BCUT2D eigenvalue weighted by Crippen LogP contribution is 2.33. The van der Waals surface area contributed by atoms with Crippen molar-refractivity contribution in [3.05, 3.63) is 45.1 Å². The lowest BCUT2D eigenvalue weighted by Gasteiger charge is -2.19. The number of benzene rings is 1. The van der Waals surface area contributed by atoms with Crippen molar-refractivity contribution in [3.8, 4) is 17.1 Å². The molecule has 0 aliphatic rings. The molecule has 0 aliphatic heterocycles. The Hall–Kier alpha value is -3.47. The van der Waals surface area contributed by atoms with E-state index in [0.29, 0.717) is 11.3 Å². The molecule has 32 heavy (non-hydrogen) atoms. The maximum absolute atomic E-state index is 13.0. The fourth-order valence-corrected chi connectivity index (χ4v) is 4.25. The van der Waals surface area contributed by atoms with Gasteiger partial charge in [0.1, 0.15) is 21.4 Å². The highest BCUT2D eigenvalue weighted by molar-refractivity contribution is 8.01. The zero-order valence-corrected chi connectivity index (χ0v) is 19.4. The normalized spacial score (nSPS) is 11.9. The molecular weight excluding hydrogens is 434 g/mol. The second kappa shape index (κ2) is 8.95. The van der Waals surface area contributed by atoms with Crippen LogP contribution >= 0.6 is 11.8 Å². The van der Waals surface area contributed by atoms with Crippen LogP contribution in [0.1, 0.15) is 6.92 Å². The Morgan fingerprint density at radius 3 is 2.34 bits per heavy atom. The third-order valence-corrected chi connectivity index (χ3v) is 6.17. The van der Waals surface area contributed by atoms with Gasteiger partial charge in [-0.15, -0.1) is 0 Å². The van der Waals surface area contributed by atoms with Crippen LogP contribution in [0.15, 0.2) is 38.9 Å². The summed E-state index contributed by atoms with van der Waals surface area (Å²) in [6, 6.07) is 7.02. The van der Waals surface area contributed by atoms with Gasteiger partial charge in [-0.3, -0.25) is 23.5 Å². The van der Waals surface area contributed by atoms with Gasteiger partial charge >= 0.3 is 5.69 Å². The quantitative estimate of drug-likeness (QED) is 0.304. The number of para-hydroxylation sites is 1. The molecule has 1 aromatic carbocycles. The predicted octanol–water partition coefficient (Wildman–Crippen LogP) is 0.841. The van der Waals surface area contributed by atoms with E-state index >= 15 is 0 Å². The van der Waals surface area contributed by atoms with Crippen molar-refractivity contribution < 1.29 is 14.3 Å². The zero-order valence-electron chi connectivity index (χ0n) is 18.6. The first-order valence-electron chi connectivity index (χ1n) is 9.57. The lowest BCUT2D eigenvalue weighted by molar-refractivity contribution is -0.132. The highest BCUT2D eigenvalue weighted by Gasteiger charge is 2.29. The fourth-order valence-electron chi connectivity index (χ4n) is 3.12. The summed E-state index contributed by atoms with van der Waals surface area (Å²) in [5.41, 5.74) is -0.548. The molecule has 0 unspecified atom stereocenters. The van der Waals surface area contributed by atoms with Crippen molar-refractivity contribution in [2.75, 3.05) is 21.2 Å². The molecular formula is C21H23N5O5S. The Morgan fingerprint density at radius 1 is 1.09 bits per heavy atom. The van der Waals surface area contributed by atoms with Crippen LogP contribution in [0.4, 0.5) is 0 Å². The van der Waals surface area contributed by atoms with Crippen LogP contribution in [0.3, 0.4) is 0 Å². The van der Waals surface area contributed by atoms with Crippen molar-refractivity contribution >= 4 is 34.5 Å². The van der Waals surface area contributed by atoms with E-state index in [2.05, 4.69) is 9.97 Å². The largest absolute Gasteiger partial charge is 0.496 e. The molecule has 11 heteroatoms. The minimum absolute atomic E-state index is 0.0519. The molecule has 3 aromatic rings. The number of nitrogens with zero attached hydrogens (tertiary/aromatic N) is 5. The van der Waals surface area contributed by atoms with E-state index in [1.54, 1.807) is 38.4 Å². The monoisotopic (exact) mass is 457 g/mol. The summed E-state index contributed by atoms with van der Waals surface area (Å²) < 4.78 is 7.58. The Kier molecular flexibility index (Phi) is 6.49. The number of ether oxygens (including phenoxy) is 1. The van der Waals surface area contributed by atoms with Crippen LogP contribution in [0.5, 0.6) is 5.75 Å². The molecule has 0 spiro atoms. The maximum atomic E-state index is 13.0. The number of carbonyl (C=O) groups excluding carboxylic acids is 2. The van der Waals surface area contributed by atoms with Gasteiger partial charge in [0.15, 0.2) is 17.3 Å². The average molecular weight is 458 g/mol. The lowest BCUT2D eigenvalue weighted by Crippen LogP contribution is -2.38. The summed E-state index contributed by atoms with van der Waals surface area (Å²) in [5.74, 6) is -0.139. The van der Waals surface area contributed by atoms with Crippen LogP contribution in [-0.4, -0.2) is 62.1 Å². The SMILES string of the molecule is COc1ccccc1-c1nc(S[C@H](C(C)=O)C(=O)N(C)C)c2c(=O)n(C)c(=O)n(C)c2n1. The summed E-state index contributed by atoms with van der Waals surface area (Å²) in [6.45, 7) is 1.30. The predicted molar refractivity (Wildman–Crippen MR) is 121 cm³/mol. The molecule has 1 amide bonds. The summed E-state index contributed by atoms with van der Waals surface area (Å²) in [6.07, 6.45) is 0. The smallest absolute Gasteiger partial charge is 0.332 e. The summed E-state index contributed by atoms with van der Waals surface area (Å²) in [5, 5.41) is -0.936. The van der Waals surface area contributed by atoms with Crippen molar-refractivity contribution in [3.63, 3.8) is 0 Å². The number of hydrogen-bond acceptors (Lipinski definition) is 8. The fraction of sp³-hybridized carbons (Fsp3) is 0.333. The van der Waals surface area contributed by atoms with Crippen LogP contribution < -0.4 is 16.0 Å². The van der Waals surface area contributed by atoms with E-state index < -0.39 is 22.4 Å². The topological polar surface area (TPSA) is 116 Å². The number of ketones is 1. The first kappa shape index (κ1) is 23.2. The molecule has 0 saturated carbocycles. The molecule has 0 N–H and O–H groups in total. The lowest BCUT2D eigenvalue weighted by atomic mass is 10.2. The zero-order chi connectivity index (χ0) is 23.7. The van der Waals surface area contributed by atoms with Gasteiger partial charge in [-0.1, -0.05) is 23.9 Å². The van der Waals surface area contributed by atoms with E-state index in [4.69, 9.17) is 4.74 Å². The van der Waals surface area contributed by atoms with Gasteiger partial charge < -0.3 is 9.64 Å². The second-order valence-corrected chi connectivity index (χ2v) is 8.39. The first-order chi connectivity index (χ1) is 15.1. The van der Waals surface area contributed by atoms with Gasteiger partial charge in [0, 0.05) is 28.2 Å². The van der Waals surface area contributed by atoms with Crippen molar-refractivity contribution in [2.24, 2.45) is 14.1 Å². The van der Waals surface area contributed by atoms with Gasteiger partial charge in [0.2, 0.25) is 5.91 Å². The van der Waals surface area contributed by atoms with E-state index in [-0.39, 0.29) is 27.7 Å². The van der Waals surface area contributed by atoms with E-state index in [0.717, 1.165) is 16.3 Å². The number of thioether (sulfide) groups is 1. The number of amides is 1. The van der Waals surface area contributed by atoms with Gasteiger partial charge in [-0.05, 0) is 19.1 Å². The Bertz CT molecular complexity index is 1340. The van der Waals surface area contributed by atoms with E-state index in [1.165, 1.54) is 37.6 Å². The van der Waals surface area contributed by atoms with Crippen LogP contribution in [0, 0.1) is 0 Å². The van der Waals surface area contributed by atoms with Gasteiger partial charge in [0.05, 0.1) is 12.7 Å². The van der Waals surface area contributed by atoms with E-state index in [1.807, 2.05) is 0 Å². The Morgan fingerprint density at radius 2 is 1.75 bits per heavy atom. The summed E-state index contributed by atoms with van der Waals surface area (Å²) in [7, 11) is 7.42. The number of aryl methyl sites for hydroxylation is 1. The van der Waals surface area contributed by atoms with Crippen LogP contribution in [0.25, 0.3) is 22.4 Å². The molecule has 2 aromatic heterocycles. The van der Waals surface area contributed by atoms with Crippen LogP contribution in [0.2, 0.25) is 0 Å². The van der Waals surface area contributed by atoms with Gasteiger partial charge in [-0.25, -0.2) is 14.8 Å². The number of fused-ring (bicyclic) bond motifs is 1. The minimum atomic E-state index is -1.12. The third-order valence-electron chi connectivity index (χ3n) is 4.88. The number of aromatic nitrogens is 4. The molecule has 0 radical (unpaired) electrons. The Labute approximate surface area is 187 Å². The number of rotatable bonds is 6. The maximum Gasteiger partial charge on any atom is 0.332 e. The number of carbonyl (C=O) groups is 2. The number of hydrogen-bond donors (Lipinski definition) is 0. The van der Waals surface area contributed by atoms with E-state index in [9.17, 15) is 19.2 Å². The van der Waals surface area contributed by atoms with Gasteiger partial charge in [0.25, 0.3) is 5.56 Å². The minimum Gasteiger partial charge on any atom is -0.496 e. The molecule has 0 bridgehead atoms. The second-order valence-electron chi connectivity index (χ2n) is 7.30.